The first-order valence-corrected chi connectivity index (χ1v) is 4.68. The van der Waals surface area contributed by atoms with Gasteiger partial charge in [0.1, 0.15) is 12.2 Å². The van der Waals surface area contributed by atoms with E-state index >= 15 is 0 Å². The molecule has 0 aromatic rings. The Kier molecular flexibility index (Phi) is 1.64. The third-order valence-corrected chi connectivity index (χ3v) is 3.16. The van der Waals surface area contributed by atoms with Crippen molar-refractivity contribution >= 4 is 0 Å². The molecule has 1 N–H and O–H groups in total. The van der Waals surface area contributed by atoms with Crippen LogP contribution in [0.4, 0.5) is 0 Å². The molecule has 1 spiro atoms. The van der Waals surface area contributed by atoms with Gasteiger partial charge in [0.15, 0.2) is 11.9 Å². The highest BCUT2D eigenvalue weighted by molar-refractivity contribution is 5.45. The molecule has 0 unspecified atom stereocenters. The Bertz CT molecular complexity index is 322. The van der Waals surface area contributed by atoms with Crippen molar-refractivity contribution in [1.82, 2.24) is 0 Å². The van der Waals surface area contributed by atoms with E-state index in [1.807, 2.05) is 18.2 Å². The zero-order valence-electron chi connectivity index (χ0n) is 7.84. The fourth-order valence-electron chi connectivity index (χ4n) is 2.47. The second kappa shape index (κ2) is 2.67. The molecule has 2 heterocycles. The topological polar surface area (TPSA) is 47.9 Å². The smallest absolute Gasteiger partial charge is 0.187 e. The van der Waals surface area contributed by atoms with Crippen molar-refractivity contribution in [3.05, 3.63) is 23.8 Å². The third-order valence-electron chi connectivity index (χ3n) is 3.16. The van der Waals surface area contributed by atoms with E-state index in [-0.39, 0.29) is 6.10 Å². The van der Waals surface area contributed by atoms with E-state index in [0.717, 1.165) is 5.57 Å². The van der Waals surface area contributed by atoms with Crippen LogP contribution in [0.2, 0.25) is 0 Å². The van der Waals surface area contributed by atoms with E-state index < -0.39 is 18.0 Å². The maximum atomic E-state index is 10.1. The molecule has 3 aliphatic rings. The minimum absolute atomic E-state index is 0.212. The van der Waals surface area contributed by atoms with Crippen LogP contribution in [-0.4, -0.2) is 42.9 Å². The zero-order valence-corrected chi connectivity index (χ0v) is 7.84. The van der Waals surface area contributed by atoms with Gasteiger partial charge in [-0.25, -0.2) is 0 Å². The molecule has 0 amide bonds. The fraction of sp³-hybridized carbons (Fsp3) is 0.600. The van der Waals surface area contributed by atoms with Crippen molar-refractivity contribution in [3.63, 3.8) is 0 Å². The van der Waals surface area contributed by atoms with Crippen molar-refractivity contribution in [3.8, 4) is 0 Å². The third kappa shape index (κ3) is 0.780. The van der Waals surface area contributed by atoms with E-state index in [2.05, 4.69) is 0 Å². The van der Waals surface area contributed by atoms with Crippen LogP contribution in [0.3, 0.4) is 0 Å². The molecule has 4 heteroatoms. The Hall–Kier alpha value is -0.680. The fourth-order valence-corrected chi connectivity index (χ4v) is 2.47. The number of ether oxygens (including phenoxy) is 3. The van der Waals surface area contributed by atoms with Crippen molar-refractivity contribution in [2.45, 2.75) is 24.1 Å². The van der Waals surface area contributed by atoms with E-state index in [1.165, 1.54) is 7.11 Å². The lowest BCUT2D eigenvalue weighted by Gasteiger charge is -2.28. The summed E-state index contributed by atoms with van der Waals surface area (Å²) in [5.41, 5.74) is 0.315. The number of aliphatic hydroxyl groups excluding tert-OH is 1. The maximum absolute atomic E-state index is 10.1. The van der Waals surface area contributed by atoms with Gasteiger partial charge in [-0.3, -0.25) is 0 Å². The Morgan fingerprint density at radius 3 is 3.29 bits per heavy atom. The Morgan fingerprint density at radius 2 is 2.50 bits per heavy atom. The zero-order chi connectivity index (χ0) is 9.76. The summed E-state index contributed by atoms with van der Waals surface area (Å²) in [6, 6.07) is 0. The van der Waals surface area contributed by atoms with Crippen molar-refractivity contribution < 1.29 is 19.3 Å². The predicted molar refractivity (Wildman–Crippen MR) is 47.6 cm³/mol. The average molecular weight is 196 g/mol. The molecule has 1 saturated heterocycles. The van der Waals surface area contributed by atoms with Gasteiger partial charge < -0.3 is 19.3 Å². The normalized spacial score (nSPS) is 49.3. The Balaban J connectivity index is 2.02. The SMILES string of the molecule is CO[C@@H]1O[C@@H]2C=CC3=CCO[C@]32[C@H]1O. The Labute approximate surface area is 81.8 Å². The van der Waals surface area contributed by atoms with E-state index in [1.54, 1.807) is 0 Å². The predicted octanol–water partition coefficient (Wildman–Crippen LogP) is -0.0162. The van der Waals surface area contributed by atoms with Gasteiger partial charge in [0.2, 0.25) is 0 Å². The first-order chi connectivity index (χ1) is 6.79. The molecule has 4 atom stereocenters. The summed E-state index contributed by atoms with van der Waals surface area (Å²) >= 11 is 0. The van der Waals surface area contributed by atoms with Crippen LogP contribution in [0, 0.1) is 0 Å². The average Bonchev–Trinajstić information content (AvgIpc) is 2.78. The molecule has 0 radical (unpaired) electrons. The number of hydrogen-bond acceptors (Lipinski definition) is 4. The van der Waals surface area contributed by atoms with Crippen LogP contribution in [-0.2, 0) is 14.2 Å². The summed E-state index contributed by atoms with van der Waals surface area (Å²) in [6.07, 6.45) is 4.28. The van der Waals surface area contributed by atoms with Gasteiger partial charge in [-0.1, -0.05) is 18.2 Å². The molecule has 0 saturated carbocycles. The van der Waals surface area contributed by atoms with Gasteiger partial charge in [0.05, 0.1) is 6.61 Å². The van der Waals surface area contributed by atoms with Crippen LogP contribution in [0.1, 0.15) is 0 Å². The minimum atomic E-state index is -0.749. The van der Waals surface area contributed by atoms with Crippen LogP contribution in [0.25, 0.3) is 0 Å². The highest BCUT2D eigenvalue weighted by Gasteiger charge is 2.62. The molecule has 1 fully saturated rings. The molecule has 4 nitrogen and oxygen atoms in total. The highest BCUT2D eigenvalue weighted by Crippen LogP contribution is 2.47. The molecular weight excluding hydrogens is 184 g/mol. The van der Waals surface area contributed by atoms with Crippen molar-refractivity contribution in [2.75, 3.05) is 13.7 Å². The molecule has 0 aromatic carbocycles. The number of hydrogen-bond donors (Lipinski definition) is 1. The van der Waals surface area contributed by atoms with E-state index in [9.17, 15) is 5.11 Å². The van der Waals surface area contributed by atoms with Gasteiger partial charge in [-0.15, -0.1) is 0 Å². The van der Waals surface area contributed by atoms with Crippen LogP contribution in [0.15, 0.2) is 23.8 Å². The molecule has 76 valence electrons. The molecular formula is C10H12O4. The van der Waals surface area contributed by atoms with E-state index in [0.29, 0.717) is 6.61 Å². The molecule has 3 rings (SSSR count). The summed E-state index contributed by atoms with van der Waals surface area (Å²) < 4.78 is 16.2. The number of aliphatic hydroxyl groups is 1. The van der Waals surface area contributed by atoms with Crippen molar-refractivity contribution in [2.24, 2.45) is 0 Å². The minimum Gasteiger partial charge on any atom is -0.384 e. The summed E-state index contributed by atoms with van der Waals surface area (Å²) in [4.78, 5) is 0. The van der Waals surface area contributed by atoms with Gasteiger partial charge in [-0.05, 0) is 5.57 Å². The molecule has 2 aliphatic heterocycles. The largest absolute Gasteiger partial charge is 0.384 e. The monoisotopic (exact) mass is 196 g/mol. The molecule has 0 bridgehead atoms. The lowest BCUT2D eigenvalue weighted by Crippen LogP contribution is -2.47. The maximum Gasteiger partial charge on any atom is 0.187 e. The van der Waals surface area contributed by atoms with Gasteiger partial charge >= 0.3 is 0 Å². The van der Waals surface area contributed by atoms with Gasteiger partial charge in [-0.2, -0.15) is 0 Å². The number of methoxy groups -OCH3 is 1. The van der Waals surface area contributed by atoms with Crippen LogP contribution < -0.4 is 0 Å². The second-order valence-electron chi connectivity index (χ2n) is 3.73. The Morgan fingerprint density at radius 1 is 1.64 bits per heavy atom. The summed E-state index contributed by atoms with van der Waals surface area (Å²) in [5, 5.41) is 10.1. The summed E-state index contributed by atoms with van der Waals surface area (Å²) in [5.74, 6) is 0. The van der Waals surface area contributed by atoms with Crippen molar-refractivity contribution in [1.29, 1.82) is 0 Å². The van der Waals surface area contributed by atoms with E-state index in [4.69, 9.17) is 14.2 Å². The molecule has 1 aliphatic carbocycles. The standard InChI is InChI=1S/C10H12O4/c1-12-9-8(11)10-6(4-5-13-10)2-3-7(10)14-9/h2-4,7-9,11H,5H2,1H3/t7-,8+,9-,10-/m1/s1. The quantitative estimate of drug-likeness (QED) is 0.640. The van der Waals surface area contributed by atoms with Gasteiger partial charge in [0, 0.05) is 7.11 Å². The first kappa shape index (κ1) is 8.61. The lowest BCUT2D eigenvalue weighted by molar-refractivity contribution is -0.145. The summed E-state index contributed by atoms with van der Waals surface area (Å²) in [7, 11) is 1.52. The molecule has 0 aromatic heterocycles. The first-order valence-electron chi connectivity index (χ1n) is 4.68. The van der Waals surface area contributed by atoms with Gasteiger partial charge in [0.25, 0.3) is 0 Å². The van der Waals surface area contributed by atoms with Crippen LogP contribution in [0.5, 0.6) is 0 Å². The molecule has 14 heavy (non-hydrogen) atoms. The lowest BCUT2D eigenvalue weighted by atomic mass is 9.90. The summed E-state index contributed by atoms with van der Waals surface area (Å²) in [6.45, 7) is 0.535. The van der Waals surface area contributed by atoms with Crippen LogP contribution >= 0.6 is 0 Å². The number of rotatable bonds is 1. The second-order valence-corrected chi connectivity index (χ2v) is 3.73. The highest BCUT2D eigenvalue weighted by atomic mass is 16.7.